The Hall–Kier alpha value is -0.970. The maximum Gasteiger partial charge on any atom is 0.161 e. The Morgan fingerprint density at radius 3 is 2.52 bits per heavy atom. The van der Waals surface area contributed by atoms with E-state index in [0.717, 1.165) is 24.8 Å². The molecule has 4 heteroatoms. The second-order valence-corrected chi connectivity index (χ2v) is 9.30. The zero-order chi connectivity index (χ0) is 18.2. The van der Waals surface area contributed by atoms with Crippen molar-refractivity contribution in [1.82, 2.24) is 0 Å². The summed E-state index contributed by atoms with van der Waals surface area (Å²) in [4.78, 5) is 12.2. The number of allylic oxidation sites excluding steroid dienone is 1. The van der Waals surface area contributed by atoms with Crippen LogP contribution in [0.2, 0.25) is 0 Å². The molecule has 0 radical (unpaired) electrons. The molecule has 3 fully saturated rings. The van der Waals surface area contributed by atoms with Gasteiger partial charge in [-0.2, -0.15) is 0 Å². The van der Waals surface area contributed by atoms with Crippen molar-refractivity contribution in [2.75, 3.05) is 0 Å². The van der Waals surface area contributed by atoms with E-state index in [1.54, 1.807) is 0 Å². The molecule has 4 nitrogen and oxygen atoms in total. The third-order valence-corrected chi connectivity index (χ3v) is 8.41. The zero-order valence-electron chi connectivity index (χ0n) is 15.4. The number of hydrogen-bond donors (Lipinski definition) is 3. The number of rotatable bonds is 1. The highest BCUT2D eigenvalue weighted by atomic mass is 16.3. The summed E-state index contributed by atoms with van der Waals surface area (Å²) in [5.41, 5.74) is -0.699. The fourth-order valence-corrected chi connectivity index (χ4v) is 6.88. The average molecular weight is 346 g/mol. The molecule has 138 valence electrons. The van der Waals surface area contributed by atoms with E-state index < -0.39 is 23.2 Å². The van der Waals surface area contributed by atoms with Gasteiger partial charge in [-0.05, 0) is 56.8 Å². The van der Waals surface area contributed by atoms with E-state index in [1.807, 2.05) is 12.2 Å². The molecule has 3 saturated carbocycles. The third-order valence-electron chi connectivity index (χ3n) is 8.41. The Bertz CT molecular complexity index is 667. The quantitative estimate of drug-likeness (QED) is 0.637. The minimum atomic E-state index is -1.25. The molecule has 3 N–H and O–H groups in total. The first-order valence-electron chi connectivity index (χ1n) is 9.63. The van der Waals surface area contributed by atoms with Crippen LogP contribution in [0, 0.1) is 28.6 Å². The maximum atomic E-state index is 12.2. The summed E-state index contributed by atoms with van der Waals surface area (Å²) in [5.74, 6) is 0.412. The first-order chi connectivity index (χ1) is 11.6. The summed E-state index contributed by atoms with van der Waals surface area (Å²) < 4.78 is 0. The molecule has 4 aliphatic carbocycles. The van der Waals surface area contributed by atoms with E-state index in [2.05, 4.69) is 19.9 Å². The van der Waals surface area contributed by atoms with E-state index in [0.29, 0.717) is 18.8 Å². The summed E-state index contributed by atoms with van der Waals surface area (Å²) in [6.07, 6.45) is 8.42. The molecule has 0 heterocycles. The second kappa shape index (κ2) is 5.28. The SMILES string of the molecule is CC(=O)[C@@]1(O)CC[C@H]2[C@@H]3[C@H](O)CC4=C[C@H](O)C=C[C@]4(C)[C@H]3CC[C@@]21C. The molecule has 0 aromatic carbocycles. The van der Waals surface area contributed by atoms with Crippen LogP contribution in [-0.4, -0.2) is 38.9 Å². The number of carbonyl (C=O) groups is 1. The van der Waals surface area contributed by atoms with Gasteiger partial charge in [-0.1, -0.05) is 37.6 Å². The summed E-state index contributed by atoms with van der Waals surface area (Å²) in [6.45, 7) is 5.78. The van der Waals surface area contributed by atoms with Crippen molar-refractivity contribution in [3.8, 4) is 0 Å². The molecular formula is C21H30O4. The van der Waals surface area contributed by atoms with Crippen LogP contribution in [0.3, 0.4) is 0 Å². The van der Waals surface area contributed by atoms with Crippen LogP contribution in [0.4, 0.5) is 0 Å². The van der Waals surface area contributed by atoms with Crippen LogP contribution in [-0.2, 0) is 4.79 Å². The van der Waals surface area contributed by atoms with Crippen LogP contribution in [0.1, 0.15) is 52.9 Å². The molecule has 0 aromatic heterocycles. The molecule has 0 aromatic rings. The fraction of sp³-hybridized carbons (Fsp3) is 0.762. The summed E-state index contributed by atoms with van der Waals surface area (Å²) in [7, 11) is 0. The summed E-state index contributed by atoms with van der Waals surface area (Å²) in [6, 6.07) is 0. The van der Waals surface area contributed by atoms with Crippen molar-refractivity contribution in [1.29, 1.82) is 0 Å². The second-order valence-electron chi connectivity index (χ2n) is 9.30. The van der Waals surface area contributed by atoms with Gasteiger partial charge in [0, 0.05) is 10.8 Å². The highest BCUT2D eigenvalue weighted by molar-refractivity contribution is 5.86. The standard InChI is InChI=1S/C21H30O4/c1-12(22)21(25)9-6-16-18-15(5-8-20(16,21)3)19(2)7-4-14(23)10-13(19)11-17(18)24/h4,7,10,14-18,23-25H,5-6,8-9,11H2,1-3H3/t14-,15+,16+,17-,18-,19+,20+,21+/m1/s1. The lowest BCUT2D eigenvalue weighted by atomic mass is 9.46. The zero-order valence-corrected chi connectivity index (χ0v) is 15.4. The number of aliphatic hydroxyl groups is 3. The van der Waals surface area contributed by atoms with E-state index >= 15 is 0 Å². The number of ketones is 1. The van der Waals surface area contributed by atoms with Crippen LogP contribution in [0.25, 0.3) is 0 Å². The van der Waals surface area contributed by atoms with Gasteiger partial charge in [0.1, 0.15) is 5.60 Å². The van der Waals surface area contributed by atoms with Crippen molar-refractivity contribution >= 4 is 5.78 Å². The Kier molecular flexibility index (Phi) is 3.68. The lowest BCUT2D eigenvalue weighted by molar-refractivity contribution is -0.165. The highest BCUT2D eigenvalue weighted by Gasteiger charge is 2.66. The molecule has 0 aliphatic heterocycles. The Balaban J connectivity index is 1.75. The van der Waals surface area contributed by atoms with Gasteiger partial charge >= 0.3 is 0 Å². The Labute approximate surface area is 149 Å². The number of Topliss-reactive ketones (excluding diaryl/α,β-unsaturated/α-hetero) is 1. The van der Waals surface area contributed by atoms with Crippen LogP contribution in [0.5, 0.6) is 0 Å². The van der Waals surface area contributed by atoms with E-state index in [1.165, 1.54) is 6.92 Å². The van der Waals surface area contributed by atoms with Crippen molar-refractivity contribution in [3.63, 3.8) is 0 Å². The van der Waals surface area contributed by atoms with Crippen molar-refractivity contribution in [2.24, 2.45) is 28.6 Å². The van der Waals surface area contributed by atoms with Crippen molar-refractivity contribution in [2.45, 2.75) is 70.7 Å². The predicted octanol–water partition coefficient (Wildman–Crippen LogP) is 2.38. The monoisotopic (exact) mass is 346 g/mol. The first-order valence-corrected chi connectivity index (χ1v) is 9.63. The van der Waals surface area contributed by atoms with Crippen LogP contribution in [0.15, 0.2) is 23.8 Å². The van der Waals surface area contributed by atoms with Crippen molar-refractivity contribution in [3.05, 3.63) is 23.8 Å². The van der Waals surface area contributed by atoms with E-state index in [4.69, 9.17) is 0 Å². The maximum absolute atomic E-state index is 12.2. The van der Waals surface area contributed by atoms with Gasteiger partial charge in [0.15, 0.2) is 5.78 Å². The first kappa shape index (κ1) is 17.4. The molecule has 8 atom stereocenters. The van der Waals surface area contributed by atoms with Gasteiger partial charge in [0.25, 0.3) is 0 Å². The van der Waals surface area contributed by atoms with Gasteiger partial charge < -0.3 is 15.3 Å². The minimum Gasteiger partial charge on any atom is -0.392 e. The van der Waals surface area contributed by atoms with Gasteiger partial charge in [-0.15, -0.1) is 0 Å². The van der Waals surface area contributed by atoms with E-state index in [-0.39, 0.29) is 23.0 Å². The largest absolute Gasteiger partial charge is 0.392 e. The summed E-state index contributed by atoms with van der Waals surface area (Å²) in [5, 5.41) is 32.1. The van der Waals surface area contributed by atoms with Crippen LogP contribution >= 0.6 is 0 Å². The molecular weight excluding hydrogens is 316 g/mol. The van der Waals surface area contributed by atoms with Crippen LogP contribution < -0.4 is 0 Å². The molecule has 4 rings (SSSR count). The van der Waals surface area contributed by atoms with Gasteiger partial charge in [0.2, 0.25) is 0 Å². The van der Waals surface area contributed by atoms with Gasteiger partial charge in [0.05, 0.1) is 12.2 Å². The lowest BCUT2D eigenvalue weighted by Crippen LogP contribution is -2.59. The molecule has 25 heavy (non-hydrogen) atoms. The van der Waals surface area contributed by atoms with Crippen molar-refractivity contribution < 1.29 is 20.1 Å². The van der Waals surface area contributed by atoms with Gasteiger partial charge in [-0.3, -0.25) is 4.79 Å². The fourth-order valence-electron chi connectivity index (χ4n) is 6.88. The predicted molar refractivity (Wildman–Crippen MR) is 94.6 cm³/mol. The Morgan fingerprint density at radius 2 is 1.84 bits per heavy atom. The highest BCUT2D eigenvalue weighted by Crippen LogP contribution is 2.67. The third kappa shape index (κ3) is 2.08. The number of fused-ring (bicyclic) bond motifs is 5. The average Bonchev–Trinajstić information content (AvgIpc) is 2.82. The topological polar surface area (TPSA) is 77.8 Å². The summed E-state index contributed by atoms with van der Waals surface area (Å²) >= 11 is 0. The normalized spacial score (nSPS) is 54.3. The number of hydrogen-bond acceptors (Lipinski definition) is 4. The molecule has 0 unspecified atom stereocenters. The van der Waals surface area contributed by atoms with Gasteiger partial charge in [-0.25, -0.2) is 0 Å². The molecule has 4 aliphatic rings. The smallest absolute Gasteiger partial charge is 0.161 e. The minimum absolute atomic E-state index is 0.0918. The molecule has 0 bridgehead atoms. The molecule has 0 amide bonds. The Morgan fingerprint density at radius 1 is 1.16 bits per heavy atom. The molecule has 0 spiro atoms. The number of carbonyl (C=O) groups excluding carboxylic acids is 1. The number of aliphatic hydroxyl groups excluding tert-OH is 2. The van der Waals surface area contributed by atoms with E-state index in [9.17, 15) is 20.1 Å². The molecule has 0 saturated heterocycles. The lowest BCUT2D eigenvalue weighted by Gasteiger charge is -2.59.